The lowest BCUT2D eigenvalue weighted by Gasteiger charge is -2.23. The number of rotatable bonds is 6. The number of benzene rings is 2. The molecule has 0 fully saturated rings. The predicted molar refractivity (Wildman–Crippen MR) is 118 cm³/mol. The van der Waals surface area contributed by atoms with Crippen molar-refractivity contribution in [1.82, 2.24) is 9.80 Å². The molecule has 156 valence electrons. The Bertz CT molecular complexity index is 1130. The first-order valence-corrected chi connectivity index (χ1v) is 10.0. The highest BCUT2D eigenvalue weighted by Crippen LogP contribution is 2.27. The molecule has 1 aromatic heterocycles. The summed E-state index contributed by atoms with van der Waals surface area (Å²) in [6.07, 6.45) is 0. The third-order valence-corrected chi connectivity index (χ3v) is 5.25. The van der Waals surface area contributed by atoms with Gasteiger partial charge in [0.05, 0.1) is 17.5 Å². The van der Waals surface area contributed by atoms with Gasteiger partial charge in [0, 0.05) is 31.3 Å². The molecule has 0 aliphatic rings. The second-order valence-electron chi connectivity index (χ2n) is 7.16. The van der Waals surface area contributed by atoms with Crippen LogP contribution in [-0.4, -0.2) is 48.3 Å². The van der Waals surface area contributed by atoms with Gasteiger partial charge in [0.2, 0.25) is 5.91 Å². The van der Waals surface area contributed by atoms with Crippen LogP contribution in [0.4, 0.5) is 0 Å². The van der Waals surface area contributed by atoms with Crippen molar-refractivity contribution < 1.29 is 14.0 Å². The Labute approximate surface area is 175 Å². The van der Waals surface area contributed by atoms with Crippen LogP contribution >= 0.6 is 0 Å². The minimum absolute atomic E-state index is 0.0431. The van der Waals surface area contributed by atoms with Crippen LogP contribution in [0.5, 0.6) is 0 Å². The van der Waals surface area contributed by atoms with E-state index in [1.54, 1.807) is 37.1 Å². The average molecular weight is 406 g/mol. The van der Waals surface area contributed by atoms with Gasteiger partial charge in [-0.15, -0.1) is 0 Å². The molecule has 0 saturated heterocycles. The summed E-state index contributed by atoms with van der Waals surface area (Å²) in [4.78, 5) is 41.5. The summed E-state index contributed by atoms with van der Waals surface area (Å²) in [6.45, 7) is 6.64. The maximum absolute atomic E-state index is 13.1. The van der Waals surface area contributed by atoms with E-state index in [9.17, 15) is 14.4 Å². The fraction of sp³-hybridized carbons (Fsp3) is 0.292. The molecule has 0 atom stereocenters. The Hall–Kier alpha value is -3.41. The lowest BCUT2D eigenvalue weighted by Crippen LogP contribution is -2.41. The molecule has 1 heterocycles. The maximum atomic E-state index is 13.1. The standard InChI is InChI=1S/C24H26N2O4/c1-5-26(6-2)20(27)15-25(4)24(29)19-14-10-13-18-21(28)16(3)22(30-23(18)19)17-11-8-7-9-12-17/h7-14H,5-6,15H2,1-4H3. The number of fused-ring (bicyclic) bond motifs is 1. The molecule has 2 aromatic carbocycles. The van der Waals surface area contributed by atoms with Gasteiger partial charge in [-0.2, -0.15) is 0 Å². The molecule has 0 radical (unpaired) electrons. The number of nitrogens with zero attached hydrogens (tertiary/aromatic N) is 2. The van der Waals surface area contributed by atoms with E-state index >= 15 is 0 Å². The molecular weight excluding hydrogens is 380 g/mol. The zero-order valence-electron chi connectivity index (χ0n) is 17.8. The van der Waals surface area contributed by atoms with E-state index < -0.39 is 0 Å². The van der Waals surface area contributed by atoms with Crippen molar-refractivity contribution in [2.24, 2.45) is 0 Å². The second kappa shape index (κ2) is 8.95. The topological polar surface area (TPSA) is 70.8 Å². The van der Waals surface area contributed by atoms with Crippen LogP contribution in [0.25, 0.3) is 22.3 Å². The number of amides is 2. The van der Waals surface area contributed by atoms with E-state index in [0.29, 0.717) is 29.8 Å². The van der Waals surface area contributed by atoms with Gasteiger partial charge in [-0.05, 0) is 32.9 Å². The summed E-state index contributed by atoms with van der Waals surface area (Å²) in [7, 11) is 1.58. The average Bonchev–Trinajstić information content (AvgIpc) is 2.76. The van der Waals surface area contributed by atoms with Crippen LogP contribution in [-0.2, 0) is 4.79 Å². The van der Waals surface area contributed by atoms with Crippen molar-refractivity contribution >= 4 is 22.8 Å². The highest BCUT2D eigenvalue weighted by atomic mass is 16.3. The fourth-order valence-corrected chi connectivity index (χ4v) is 3.50. The zero-order valence-corrected chi connectivity index (χ0v) is 17.8. The van der Waals surface area contributed by atoms with E-state index in [-0.39, 0.29) is 34.9 Å². The Morgan fingerprint density at radius 2 is 1.63 bits per heavy atom. The van der Waals surface area contributed by atoms with Gasteiger partial charge >= 0.3 is 0 Å². The van der Waals surface area contributed by atoms with Crippen LogP contribution in [0.1, 0.15) is 29.8 Å². The number of para-hydroxylation sites is 1. The van der Waals surface area contributed by atoms with E-state index in [2.05, 4.69) is 0 Å². The van der Waals surface area contributed by atoms with Gasteiger partial charge in [0.25, 0.3) is 5.91 Å². The normalized spacial score (nSPS) is 10.8. The number of hydrogen-bond donors (Lipinski definition) is 0. The zero-order chi connectivity index (χ0) is 21.8. The number of likely N-dealkylation sites (N-methyl/N-ethyl adjacent to an activating group) is 2. The highest BCUT2D eigenvalue weighted by molar-refractivity contribution is 6.05. The Kier molecular flexibility index (Phi) is 6.35. The van der Waals surface area contributed by atoms with Gasteiger partial charge in [0.1, 0.15) is 5.76 Å². The van der Waals surface area contributed by atoms with Gasteiger partial charge < -0.3 is 14.2 Å². The largest absolute Gasteiger partial charge is 0.455 e. The maximum Gasteiger partial charge on any atom is 0.257 e. The summed E-state index contributed by atoms with van der Waals surface area (Å²) in [6, 6.07) is 14.3. The molecule has 6 heteroatoms. The minimum atomic E-state index is -0.368. The minimum Gasteiger partial charge on any atom is -0.455 e. The van der Waals surface area contributed by atoms with Crippen molar-refractivity contribution in [2.45, 2.75) is 20.8 Å². The van der Waals surface area contributed by atoms with E-state index in [4.69, 9.17) is 4.42 Å². The first kappa shape index (κ1) is 21.3. The molecule has 3 rings (SSSR count). The van der Waals surface area contributed by atoms with Gasteiger partial charge in [-0.25, -0.2) is 0 Å². The summed E-state index contributed by atoms with van der Waals surface area (Å²) >= 11 is 0. The number of hydrogen-bond acceptors (Lipinski definition) is 4. The first-order chi connectivity index (χ1) is 14.4. The molecule has 0 aliphatic carbocycles. The monoisotopic (exact) mass is 406 g/mol. The van der Waals surface area contributed by atoms with E-state index in [1.807, 2.05) is 44.2 Å². The quantitative estimate of drug-likeness (QED) is 0.626. The molecule has 0 aliphatic heterocycles. The van der Waals surface area contributed by atoms with Crippen molar-refractivity contribution in [3.63, 3.8) is 0 Å². The Morgan fingerprint density at radius 3 is 2.27 bits per heavy atom. The lowest BCUT2D eigenvalue weighted by molar-refractivity contribution is -0.131. The summed E-state index contributed by atoms with van der Waals surface area (Å²) in [5.41, 5.74) is 1.58. The smallest absolute Gasteiger partial charge is 0.257 e. The van der Waals surface area contributed by atoms with Crippen molar-refractivity contribution in [3.8, 4) is 11.3 Å². The summed E-state index contributed by atoms with van der Waals surface area (Å²) < 4.78 is 6.11. The van der Waals surface area contributed by atoms with Gasteiger partial charge in [0.15, 0.2) is 11.0 Å². The molecule has 0 N–H and O–H groups in total. The summed E-state index contributed by atoms with van der Waals surface area (Å²) in [5, 5.41) is 0.349. The van der Waals surface area contributed by atoms with Crippen molar-refractivity contribution in [2.75, 3.05) is 26.7 Å². The van der Waals surface area contributed by atoms with E-state index in [0.717, 1.165) is 5.56 Å². The van der Waals surface area contributed by atoms with Crippen LogP contribution in [0.2, 0.25) is 0 Å². The number of carbonyl (C=O) groups is 2. The first-order valence-electron chi connectivity index (χ1n) is 10.0. The van der Waals surface area contributed by atoms with Gasteiger partial charge in [-0.1, -0.05) is 36.4 Å². The molecule has 0 unspecified atom stereocenters. The van der Waals surface area contributed by atoms with E-state index in [1.165, 1.54) is 4.90 Å². The Morgan fingerprint density at radius 1 is 0.967 bits per heavy atom. The third-order valence-electron chi connectivity index (χ3n) is 5.25. The Balaban J connectivity index is 2.06. The SMILES string of the molecule is CCN(CC)C(=O)CN(C)C(=O)c1cccc2c(=O)c(C)c(-c3ccccc3)oc12. The molecule has 3 aromatic rings. The third kappa shape index (κ3) is 3.99. The lowest BCUT2D eigenvalue weighted by atomic mass is 10.0. The molecule has 30 heavy (non-hydrogen) atoms. The van der Waals surface area contributed by atoms with Crippen LogP contribution in [0, 0.1) is 6.92 Å². The summed E-state index contributed by atoms with van der Waals surface area (Å²) in [5.74, 6) is -0.0549. The fourth-order valence-electron chi connectivity index (χ4n) is 3.50. The van der Waals surface area contributed by atoms with Gasteiger partial charge in [-0.3, -0.25) is 14.4 Å². The predicted octanol–water partition coefficient (Wildman–Crippen LogP) is 3.71. The molecule has 0 saturated carbocycles. The molecular formula is C24H26N2O4. The number of carbonyl (C=O) groups excluding carboxylic acids is 2. The highest BCUT2D eigenvalue weighted by Gasteiger charge is 2.22. The van der Waals surface area contributed by atoms with Crippen LogP contribution in [0.3, 0.4) is 0 Å². The molecule has 0 bridgehead atoms. The van der Waals surface area contributed by atoms with Crippen molar-refractivity contribution in [3.05, 3.63) is 69.9 Å². The second-order valence-corrected chi connectivity index (χ2v) is 7.16. The molecule has 0 spiro atoms. The molecule has 2 amide bonds. The van der Waals surface area contributed by atoms with Crippen LogP contribution in [0.15, 0.2) is 57.7 Å². The van der Waals surface area contributed by atoms with Crippen LogP contribution < -0.4 is 5.43 Å². The molecule has 6 nitrogen and oxygen atoms in total. The van der Waals surface area contributed by atoms with Crippen molar-refractivity contribution in [1.29, 1.82) is 0 Å².